The predicted molar refractivity (Wildman–Crippen MR) is 76.6 cm³/mol. The van der Waals surface area contributed by atoms with Crippen LogP contribution < -0.4 is 10.1 Å². The van der Waals surface area contributed by atoms with Crippen LogP contribution in [-0.2, 0) is 4.79 Å². The van der Waals surface area contributed by atoms with Gasteiger partial charge in [0.05, 0.1) is 12.8 Å². The smallest absolute Gasteiger partial charge is 0.220 e. The van der Waals surface area contributed by atoms with Gasteiger partial charge in [-0.3, -0.25) is 9.78 Å². The summed E-state index contributed by atoms with van der Waals surface area (Å²) in [5.41, 5.74) is 3.12. The maximum atomic E-state index is 11.3. The van der Waals surface area contributed by atoms with Crippen molar-refractivity contribution in [1.29, 1.82) is 0 Å². The van der Waals surface area contributed by atoms with Crippen LogP contribution in [0.15, 0.2) is 42.6 Å². The molecule has 0 aliphatic carbocycles. The zero-order valence-electron chi connectivity index (χ0n) is 11.3. The number of benzene rings is 1. The maximum absolute atomic E-state index is 11.3. The quantitative estimate of drug-likeness (QED) is 0.929. The summed E-state index contributed by atoms with van der Waals surface area (Å²) in [6.07, 6.45) is 2.32. The molecule has 1 amide bonds. The van der Waals surface area contributed by atoms with Gasteiger partial charge in [0.1, 0.15) is 5.75 Å². The fraction of sp³-hybridized carbons (Fsp3) is 0.250. The van der Waals surface area contributed by atoms with E-state index in [1.807, 2.05) is 24.3 Å². The van der Waals surface area contributed by atoms with E-state index in [2.05, 4.69) is 22.4 Å². The summed E-state index contributed by atoms with van der Waals surface area (Å²) >= 11 is 0. The summed E-state index contributed by atoms with van der Waals surface area (Å²) < 4.78 is 5.21. The Hall–Kier alpha value is -2.36. The Morgan fingerprint density at radius 3 is 2.70 bits per heavy atom. The SMILES string of the molecule is COc1ccnc(-c2ccc(C3CNC(=O)C3)cc2)c1. The number of methoxy groups -OCH3 is 1. The highest BCUT2D eigenvalue weighted by molar-refractivity contribution is 5.79. The molecule has 1 aliphatic heterocycles. The minimum atomic E-state index is 0.133. The molecule has 4 nitrogen and oxygen atoms in total. The molecule has 3 rings (SSSR count). The largest absolute Gasteiger partial charge is 0.497 e. The first-order valence-corrected chi connectivity index (χ1v) is 6.63. The van der Waals surface area contributed by atoms with Crippen LogP contribution in [0.1, 0.15) is 17.9 Å². The van der Waals surface area contributed by atoms with Gasteiger partial charge >= 0.3 is 0 Å². The molecule has 1 aromatic heterocycles. The van der Waals surface area contributed by atoms with Gasteiger partial charge in [-0.2, -0.15) is 0 Å². The molecule has 4 heteroatoms. The number of carbonyl (C=O) groups is 1. The average Bonchev–Trinajstić information content (AvgIpc) is 2.94. The van der Waals surface area contributed by atoms with E-state index in [1.165, 1.54) is 5.56 Å². The molecule has 1 fully saturated rings. The molecule has 1 N–H and O–H groups in total. The van der Waals surface area contributed by atoms with Gasteiger partial charge in [-0.15, -0.1) is 0 Å². The fourth-order valence-corrected chi connectivity index (χ4v) is 2.46. The third-order valence-corrected chi connectivity index (χ3v) is 3.62. The monoisotopic (exact) mass is 268 g/mol. The first-order chi connectivity index (χ1) is 9.76. The third-order valence-electron chi connectivity index (χ3n) is 3.62. The molecule has 0 saturated carbocycles. The van der Waals surface area contributed by atoms with Gasteiger partial charge in [0, 0.05) is 36.7 Å². The van der Waals surface area contributed by atoms with Crippen molar-refractivity contribution in [2.45, 2.75) is 12.3 Å². The molecule has 0 radical (unpaired) electrons. The van der Waals surface area contributed by atoms with Crippen LogP contribution in [0, 0.1) is 0 Å². The highest BCUT2D eigenvalue weighted by atomic mass is 16.5. The second kappa shape index (κ2) is 5.33. The van der Waals surface area contributed by atoms with Gasteiger partial charge in [-0.1, -0.05) is 24.3 Å². The Morgan fingerprint density at radius 1 is 1.25 bits per heavy atom. The molecule has 0 spiro atoms. The molecule has 1 unspecified atom stereocenters. The van der Waals surface area contributed by atoms with E-state index >= 15 is 0 Å². The lowest BCUT2D eigenvalue weighted by Crippen LogP contribution is -2.13. The lowest BCUT2D eigenvalue weighted by atomic mass is 9.96. The number of nitrogens with zero attached hydrogens (tertiary/aromatic N) is 1. The number of amides is 1. The van der Waals surface area contributed by atoms with Gasteiger partial charge in [-0.05, 0) is 11.6 Å². The first kappa shape index (κ1) is 12.7. The lowest BCUT2D eigenvalue weighted by Gasteiger charge is -2.09. The molecule has 2 heterocycles. The highest BCUT2D eigenvalue weighted by Gasteiger charge is 2.22. The van der Waals surface area contributed by atoms with Crippen LogP contribution in [0.2, 0.25) is 0 Å². The van der Waals surface area contributed by atoms with Crippen molar-refractivity contribution in [1.82, 2.24) is 10.3 Å². The number of carbonyl (C=O) groups excluding carboxylic acids is 1. The van der Waals surface area contributed by atoms with E-state index in [0.29, 0.717) is 6.42 Å². The summed E-state index contributed by atoms with van der Waals surface area (Å²) in [6.45, 7) is 0.732. The van der Waals surface area contributed by atoms with Crippen molar-refractivity contribution in [3.8, 4) is 17.0 Å². The molecular formula is C16H16N2O2. The second-order valence-corrected chi connectivity index (χ2v) is 4.91. The number of pyridine rings is 1. The Bertz CT molecular complexity index is 623. The number of aromatic nitrogens is 1. The highest BCUT2D eigenvalue weighted by Crippen LogP contribution is 2.26. The van der Waals surface area contributed by atoms with E-state index in [-0.39, 0.29) is 11.8 Å². The van der Waals surface area contributed by atoms with Crippen molar-refractivity contribution in [2.24, 2.45) is 0 Å². The number of nitrogens with one attached hydrogen (secondary N) is 1. The molecule has 1 atom stereocenters. The van der Waals surface area contributed by atoms with Crippen molar-refractivity contribution >= 4 is 5.91 Å². The van der Waals surface area contributed by atoms with Gasteiger partial charge < -0.3 is 10.1 Å². The molecule has 1 saturated heterocycles. The standard InChI is InChI=1S/C16H16N2O2/c1-20-14-6-7-17-15(9-14)12-4-2-11(3-5-12)13-8-16(19)18-10-13/h2-7,9,13H,8,10H2,1H3,(H,18,19). The van der Waals surface area contributed by atoms with Crippen LogP contribution in [-0.4, -0.2) is 24.5 Å². The van der Waals surface area contributed by atoms with Gasteiger partial charge in [0.15, 0.2) is 0 Å². The topological polar surface area (TPSA) is 51.2 Å². The normalized spacial score (nSPS) is 17.9. The maximum Gasteiger partial charge on any atom is 0.220 e. The number of hydrogen-bond acceptors (Lipinski definition) is 3. The summed E-state index contributed by atoms with van der Waals surface area (Å²) in [4.78, 5) is 15.6. The Labute approximate surface area is 117 Å². The molecule has 102 valence electrons. The number of ether oxygens (including phenoxy) is 1. The predicted octanol–water partition coefficient (Wildman–Crippen LogP) is 2.36. The van der Waals surface area contributed by atoms with E-state index in [0.717, 1.165) is 23.6 Å². The fourth-order valence-electron chi connectivity index (χ4n) is 2.46. The van der Waals surface area contributed by atoms with Crippen molar-refractivity contribution in [3.63, 3.8) is 0 Å². The van der Waals surface area contributed by atoms with Crippen LogP contribution in [0.4, 0.5) is 0 Å². The zero-order chi connectivity index (χ0) is 13.9. The first-order valence-electron chi connectivity index (χ1n) is 6.63. The minimum Gasteiger partial charge on any atom is -0.497 e. The Kier molecular flexibility index (Phi) is 3.37. The van der Waals surface area contributed by atoms with E-state index in [1.54, 1.807) is 13.3 Å². The van der Waals surface area contributed by atoms with Crippen LogP contribution in [0.5, 0.6) is 5.75 Å². The van der Waals surface area contributed by atoms with Crippen LogP contribution in [0.3, 0.4) is 0 Å². The van der Waals surface area contributed by atoms with E-state index < -0.39 is 0 Å². The number of hydrogen-bond donors (Lipinski definition) is 1. The van der Waals surface area contributed by atoms with E-state index in [4.69, 9.17) is 4.74 Å². The van der Waals surface area contributed by atoms with Crippen molar-refractivity contribution in [3.05, 3.63) is 48.2 Å². The average molecular weight is 268 g/mol. The molecule has 1 aromatic carbocycles. The Morgan fingerprint density at radius 2 is 2.05 bits per heavy atom. The van der Waals surface area contributed by atoms with Crippen molar-refractivity contribution in [2.75, 3.05) is 13.7 Å². The molecule has 2 aromatic rings. The summed E-state index contributed by atoms with van der Waals surface area (Å²) in [5, 5.41) is 2.86. The molecule has 20 heavy (non-hydrogen) atoms. The second-order valence-electron chi connectivity index (χ2n) is 4.91. The minimum absolute atomic E-state index is 0.133. The van der Waals surface area contributed by atoms with Crippen LogP contribution >= 0.6 is 0 Å². The van der Waals surface area contributed by atoms with Crippen LogP contribution in [0.25, 0.3) is 11.3 Å². The Balaban J connectivity index is 1.83. The lowest BCUT2D eigenvalue weighted by molar-refractivity contribution is -0.119. The van der Waals surface area contributed by atoms with E-state index in [9.17, 15) is 4.79 Å². The van der Waals surface area contributed by atoms with Gasteiger partial charge in [0.2, 0.25) is 5.91 Å². The summed E-state index contributed by atoms with van der Waals surface area (Å²) in [6, 6.07) is 12.0. The molecular weight excluding hydrogens is 252 g/mol. The summed E-state index contributed by atoms with van der Waals surface area (Å²) in [7, 11) is 1.65. The molecule has 1 aliphatic rings. The van der Waals surface area contributed by atoms with Gasteiger partial charge in [0.25, 0.3) is 0 Å². The zero-order valence-corrected chi connectivity index (χ0v) is 11.3. The summed E-state index contributed by atoms with van der Waals surface area (Å²) in [5.74, 6) is 1.22. The molecule has 0 bridgehead atoms. The number of rotatable bonds is 3. The van der Waals surface area contributed by atoms with Crippen molar-refractivity contribution < 1.29 is 9.53 Å². The van der Waals surface area contributed by atoms with Gasteiger partial charge in [-0.25, -0.2) is 0 Å². The third kappa shape index (κ3) is 2.50.